The molecule has 3 aliphatic carbocycles. The molecule has 1 aromatic carbocycles. The number of rotatable bonds is 2. The Bertz CT molecular complexity index is 645. The highest BCUT2D eigenvalue weighted by Gasteiger charge is 2.76. The zero-order valence-corrected chi connectivity index (χ0v) is 15.3. The van der Waals surface area contributed by atoms with Crippen molar-refractivity contribution in [3.8, 4) is 0 Å². The van der Waals surface area contributed by atoms with Crippen LogP contribution in [0.2, 0.25) is 15.4 Å². The fraction of sp³-hybridized carbons (Fsp3) is 0.647. The second-order valence-corrected chi connectivity index (χ2v) is 9.33. The first-order valence-corrected chi connectivity index (χ1v) is 8.77. The molecule has 0 spiro atoms. The first-order valence-electron chi connectivity index (χ1n) is 8.01. The molecule has 5 rings (SSSR count). The summed E-state index contributed by atoms with van der Waals surface area (Å²) in [5.74, 6) is -0.538. The molecule has 6 heteroatoms. The van der Waals surface area contributed by atoms with Gasteiger partial charge in [-0.25, -0.2) is 4.39 Å². The van der Waals surface area contributed by atoms with E-state index in [0.29, 0.717) is 0 Å². The number of hydrogen-bond acceptors (Lipinski definition) is 2. The predicted octanol–water partition coefficient (Wildman–Crippen LogP) is 5.40. The van der Waals surface area contributed by atoms with Crippen LogP contribution < -0.4 is 0 Å². The van der Waals surface area contributed by atoms with E-state index < -0.39 is 5.82 Å². The molecule has 0 N–H and O–H groups in total. The van der Waals surface area contributed by atoms with Gasteiger partial charge in [0, 0.05) is 5.31 Å². The summed E-state index contributed by atoms with van der Waals surface area (Å²) in [5.41, 5.74) is 0.489. The number of hydrogen-bond donors (Lipinski definition) is 0. The van der Waals surface area contributed by atoms with Gasteiger partial charge in [0.1, 0.15) is 0 Å². The fourth-order valence-electron chi connectivity index (χ4n) is 4.38. The average molecular weight is 357 g/mol. The van der Waals surface area contributed by atoms with E-state index in [4.69, 9.17) is 32.5 Å². The highest BCUT2D eigenvalue weighted by atomic mass is 35.5. The van der Waals surface area contributed by atoms with Crippen LogP contribution in [0.15, 0.2) is 12.1 Å². The van der Waals surface area contributed by atoms with Gasteiger partial charge in [-0.15, -0.1) is 0 Å². The maximum absolute atomic E-state index is 13.6. The quantitative estimate of drug-likeness (QED) is 0.521. The van der Waals surface area contributed by atoms with Crippen molar-refractivity contribution in [1.82, 2.24) is 0 Å². The van der Waals surface area contributed by atoms with Gasteiger partial charge in [-0.05, 0) is 70.1 Å². The summed E-state index contributed by atoms with van der Waals surface area (Å²) in [6, 6.07) is 3.44. The molecule has 0 unspecified atom stereocenters. The van der Waals surface area contributed by atoms with Gasteiger partial charge in [0.25, 0.3) is 0 Å². The molecule has 4 aliphatic rings. The maximum Gasteiger partial charge on any atom is 0.464 e. The lowest BCUT2D eigenvalue weighted by atomic mass is 9.23. The second kappa shape index (κ2) is 4.46. The van der Waals surface area contributed by atoms with Gasteiger partial charge in [0.05, 0.1) is 21.2 Å². The zero-order valence-electron chi connectivity index (χ0n) is 13.8. The zero-order chi connectivity index (χ0) is 16.8. The first kappa shape index (κ1) is 16.2. The van der Waals surface area contributed by atoms with E-state index in [0.717, 1.165) is 24.8 Å². The molecule has 1 saturated heterocycles. The van der Waals surface area contributed by atoms with Crippen molar-refractivity contribution in [3.05, 3.63) is 33.6 Å². The molecule has 1 heterocycles. The largest absolute Gasteiger partial charge is 0.464 e. The van der Waals surface area contributed by atoms with E-state index in [2.05, 4.69) is 27.7 Å². The summed E-state index contributed by atoms with van der Waals surface area (Å²) >= 11 is 11.9. The Balaban J connectivity index is 1.54. The SMILES string of the molecule is CC1(C)OB(C23CC(c4cc(Cl)c(F)c(Cl)c4)(C2)C3)OC1(C)C. The average Bonchev–Trinajstić information content (AvgIpc) is 2.51. The summed E-state index contributed by atoms with van der Waals surface area (Å²) in [4.78, 5) is 0. The van der Waals surface area contributed by atoms with Crippen molar-refractivity contribution in [3.63, 3.8) is 0 Å². The Kier molecular flexibility index (Phi) is 3.14. The van der Waals surface area contributed by atoms with Crippen molar-refractivity contribution in [2.24, 2.45) is 0 Å². The lowest BCUT2D eigenvalue weighted by Gasteiger charge is -2.71. The van der Waals surface area contributed by atoms with Crippen LogP contribution in [0, 0.1) is 5.82 Å². The van der Waals surface area contributed by atoms with Crippen LogP contribution in [0.4, 0.5) is 4.39 Å². The molecular formula is C17H20BCl2FO2. The summed E-state index contributed by atoms with van der Waals surface area (Å²) < 4.78 is 26.1. The van der Waals surface area contributed by atoms with Gasteiger partial charge in [-0.2, -0.15) is 0 Å². The molecule has 4 fully saturated rings. The second-order valence-electron chi connectivity index (χ2n) is 8.52. The molecule has 2 bridgehead atoms. The monoisotopic (exact) mass is 356 g/mol. The third-order valence-corrected chi connectivity index (χ3v) is 6.97. The Hall–Kier alpha value is -0.285. The maximum atomic E-state index is 13.6. The molecule has 1 aliphatic heterocycles. The molecule has 2 nitrogen and oxygen atoms in total. The van der Waals surface area contributed by atoms with Gasteiger partial charge < -0.3 is 9.31 Å². The van der Waals surface area contributed by atoms with Crippen LogP contribution in [-0.4, -0.2) is 18.3 Å². The third kappa shape index (κ3) is 2.02. The minimum Gasteiger partial charge on any atom is -0.403 e. The highest BCUT2D eigenvalue weighted by molar-refractivity contribution is 6.51. The Morgan fingerprint density at radius 3 is 1.83 bits per heavy atom. The predicted molar refractivity (Wildman–Crippen MR) is 90.7 cm³/mol. The van der Waals surface area contributed by atoms with Gasteiger partial charge >= 0.3 is 7.12 Å². The normalized spacial score (nSPS) is 36.6. The van der Waals surface area contributed by atoms with E-state index in [-0.39, 0.29) is 39.1 Å². The van der Waals surface area contributed by atoms with E-state index in [1.807, 2.05) is 0 Å². The van der Waals surface area contributed by atoms with Crippen LogP contribution in [0.5, 0.6) is 0 Å². The standard InChI is InChI=1S/C17H20BCl2FO2/c1-14(2)15(3,4)23-18(22-14)17-7-16(8-17,9-17)10-5-11(19)13(21)12(20)6-10/h5-6H,7-9H2,1-4H3. The minimum absolute atomic E-state index is 0.0601. The molecular weight excluding hydrogens is 337 g/mol. The van der Waals surface area contributed by atoms with E-state index in [1.165, 1.54) is 0 Å². The summed E-state index contributed by atoms with van der Waals surface area (Å²) in [6.07, 6.45) is 2.94. The van der Waals surface area contributed by atoms with Gasteiger partial charge in [0.2, 0.25) is 0 Å². The molecule has 23 heavy (non-hydrogen) atoms. The van der Waals surface area contributed by atoms with E-state index >= 15 is 0 Å². The van der Waals surface area contributed by atoms with Gasteiger partial charge in [-0.1, -0.05) is 23.2 Å². The van der Waals surface area contributed by atoms with Crippen LogP contribution in [-0.2, 0) is 14.7 Å². The highest BCUT2D eigenvalue weighted by Crippen LogP contribution is 2.81. The van der Waals surface area contributed by atoms with Crippen molar-refractivity contribution >= 4 is 30.3 Å². The Morgan fingerprint density at radius 2 is 1.39 bits per heavy atom. The molecule has 0 atom stereocenters. The Morgan fingerprint density at radius 1 is 0.957 bits per heavy atom. The molecule has 124 valence electrons. The van der Waals surface area contributed by atoms with Gasteiger partial charge in [0.15, 0.2) is 5.82 Å². The van der Waals surface area contributed by atoms with Crippen molar-refractivity contribution in [2.45, 2.75) is 68.9 Å². The smallest absolute Gasteiger partial charge is 0.403 e. The van der Waals surface area contributed by atoms with E-state index in [1.54, 1.807) is 12.1 Å². The number of halogens is 3. The summed E-state index contributed by atoms with van der Waals surface area (Å²) in [7, 11) is -0.166. The lowest BCUT2D eigenvalue weighted by molar-refractivity contribution is -0.0383. The number of benzene rings is 1. The summed E-state index contributed by atoms with van der Waals surface area (Å²) in [6.45, 7) is 8.31. The summed E-state index contributed by atoms with van der Waals surface area (Å²) in [5, 5.41) is 0.280. The minimum atomic E-state index is -0.538. The van der Waals surface area contributed by atoms with Crippen molar-refractivity contribution in [1.29, 1.82) is 0 Å². The first-order chi connectivity index (χ1) is 10.5. The van der Waals surface area contributed by atoms with Crippen molar-refractivity contribution < 1.29 is 13.7 Å². The third-order valence-electron chi connectivity index (χ3n) is 6.42. The fourth-order valence-corrected chi connectivity index (χ4v) is 4.86. The van der Waals surface area contributed by atoms with Gasteiger partial charge in [-0.3, -0.25) is 0 Å². The molecule has 0 amide bonds. The van der Waals surface area contributed by atoms with Crippen LogP contribution in [0.3, 0.4) is 0 Å². The molecule has 0 aromatic heterocycles. The van der Waals surface area contributed by atoms with Crippen LogP contribution in [0.1, 0.15) is 52.5 Å². The van der Waals surface area contributed by atoms with Crippen LogP contribution in [0.25, 0.3) is 0 Å². The molecule has 3 saturated carbocycles. The van der Waals surface area contributed by atoms with Crippen molar-refractivity contribution in [2.75, 3.05) is 0 Å². The van der Waals surface area contributed by atoms with Crippen LogP contribution >= 0.6 is 23.2 Å². The topological polar surface area (TPSA) is 18.5 Å². The molecule has 0 radical (unpaired) electrons. The van der Waals surface area contributed by atoms with E-state index in [9.17, 15) is 4.39 Å². The lowest BCUT2D eigenvalue weighted by Crippen LogP contribution is -2.66. The molecule has 1 aromatic rings. The Labute approximate surface area is 146 Å².